The molecule has 0 saturated carbocycles. The third-order valence-electron chi connectivity index (χ3n) is 4.26. The number of aromatic nitrogens is 1. The first-order chi connectivity index (χ1) is 11.6. The first-order valence-electron chi connectivity index (χ1n) is 7.52. The summed E-state index contributed by atoms with van der Waals surface area (Å²) in [5.41, 5.74) is 3.32. The Morgan fingerprint density at radius 2 is 1.92 bits per heavy atom. The number of carbonyl (C=O) groups is 3. The van der Waals surface area contributed by atoms with E-state index in [0.717, 1.165) is 12.1 Å². The topological polar surface area (TPSA) is 122 Å². The summed E-state index contributed by atoms with van der Waals surface area (Å²) in [4.78, 5) is 39.8. The smallest absolute Gasteiger partial charge is 0.338 e. The van der Waals surface area contributed by atoms with Crippen LogP contribution in [0.4, 0.5) is 4.39 Å². The van der Waals surface area contributed by atoms with Crippen molar-refractivity contribution < 1.29 is 23.9 Å². The number of carbonyl (C=O) groups excluding carboxylic acids is 2. The maximum atomic E-state index is 13.4. The van der Waals surface area contributed by atoms with E-state index in [-0.39, 0.29) is 17.0 Å². The molecule has 1 atom stereocenters. The quantitative estimate of drug-likeness (QED) is 0.760. The van der Waals surface area contributed by atoms with Crippen molar-refractivity contribution >= 4 is 28.7 Å². The average Bonchev–Trinajstić information content (AvgIpc) is 2.52. The van der Waals surface area contributed by atoms with Gasteiger partial charge in [-0.1, -0.05) is 13.8 Å². The summed E-state index contributed by atoms with van der Waals surface area (Å²) in [5, 5.41) is 12.2. The predicted molar refractivity (Wildman–Crippen MR) is 88.6 cm³/mol. The Hall–Kier alpha value is -3.03. The summed E-state index contributed by atoms with van der Waals surface area (Å²) in [6, 6.07) is 4.86. The molecule has 0 aliphatic rings. The van der Waals surface area contributed by atoms with E-state index in [1.807, 2.05) is 0 Å². The Morgan fingerprint density at radius 3 is 2.44 bits per heavy atom. The van der Waals surface area contributed by atoms with Gasteiger partial charge in [-0.25, -0.2) is 14.2 Å². The number of primary amides is 1. The lowest BCUT2D eigenvalue weighted by atomic mass is 9.87. The molecule has 4 N–H and O–H groups in total. The van der Waals surface area contributed by atoms with E-state index >= 15 is 0 Å². The number of halogens is 1. The summed E-state index contributed by atoms with van der Waals surface area (Å²) in [6.07, 6.45) is 0. The summed E-state index contributed by atoms with van der Waals surface area (Å²) < 4.78 is 13.4. The summed E-state index contributed by atoms with van der Waals surface area (Å²) >= 11 is 0. The second-order valence-corrected chi connectivity index (χ2v) is 6.20. The number of carboxylic acid groups (broad SMARTS) is 1. The van der Waals surface area contributed by atoms with Crippen LogP contribution in [0.25, 0.3) is 10.9 Å². The lowest BCUT2D eigenvalue weighted by molar-refractivity contribution is -0.125. The molecule has 1 heterocycles. The summed E-state index contributed by atoms with van der Waals surface area (Å²) in [7, 11) is 0. The van der Waals surface area contributed by atoms with Crippen molar-refractivity contribution in [2.24, 2.45) is 11.7 Å². The van der Waals surface area contributed by atoms with Crippen LogP contribution in [0.2, 0.25) is 0 Å². The number of amides is 2. The Morgan fingerprint density at radius 1 is 1.28 bits per heavy atom. The Balaban J connectivity index is 2.58. The van der Waals surface area contributed by atoms with E-state index in [1.54, 1.807) is 13.8 Å². The number of nitrogens with zero attached hydrogens (tertiary/aromatic N) is 1. The van der Waals surface area contributed by atoms with Gasteiger partial charge in [-0.3, -0.25) is 9.59 Å². The van der Waals surface area contributed by atoms with E-state index in [4.69, 9.17) is 5.73 Å². The molecule has 2 rings (SSSR count). The predicted octanol–water partition coefficient (Wildman–Crippen LogP) is 1.70. The molecule has 0 aliphatic heterocycles. The van der Waals surface area contributed by atoms with Gasteiger partial charge in [-0.2, -0.15) is 0 Å². The number of nitrogens with one attached hydrogen (secondary N) is 1. The summed E-state index contributed by atoms with van der Waals surface area (Å²) in [5.74, 6) is -3.92. The first kappa shape index (κ1) is 18.3. The van der Waals surface area contributed by atoms with Gasteiger partial charge in [0.1, 0.15) is 17.1 Å². The van der Waals surface area contributed by atoms with E-state index in [2.05, 4.69) is 10.3 Å². The monoisotopic (exact) mass is 347 g/mol. The van der Waals surface area contributed by atoms with Gasteiger partial charge < -0.3 is 16.2 Å². The molecule has 25 heavy (non-hydrogen) atoms. The minimum atomic E-state index is -1.40. The minimum absolute atomic E-state index is 0.125. The molecular weight excluding hydrogens is 329 g/mol. The third-order valence-corrected chi connectivity index (χ3v) is 4.26. The van der Waals surface area contributed by atoms with Gasteiger partial charge in [0.05, 0.1) is 11.1 Å². The van der Waals surface area contributed by atoms with Crippen LogP contribution in [0.3, 0.4) is 0 Å². The molecule has 2 aromatic rings. The molecule has 2 amide bonds. The van der Waals surface area contributed by atoms with Gasteiger partial charge in [0.2, 0.25) is 5.91 Å². The Labute approximate surface area is 143 Å². The summed E-state index contributed by atoms with van der Waals surface area (Å²) in [6.45, 7) is 4.82. The number of hydrogen-bond donors (Lipinski definition) is 3. The van der Waals surface area contributed by atoms with Gasteiger partial charge in [0, 0.05) is 11.5 Å². The fourth-order valence-corrected chi connectivity index (χ4v) is 2.26. The standard InChI is InChI=1S/C17H18FN3O4/c1-8(2)17(3,16(19)25)21-14(22)13-11(15(23)24)6-9-4-5-10(18)7-12(9)20-13/h4-8H,1-3H3,(H2,19,25)(H,21,22)(H,23,24). The van der Waals surface area contributed by atoms with Crippen LogP contribution in [0.15, 0.2) is 24.3 Å². The highest BCUT2D eigenvalue weighted by atomic mass is 19.1. The molecule has 8 heteroatoms. The zero-order chi connectivity index (χ0) is 18.9. The highest BCUT2D eigenvalue weighted by Gasteiger charge is 2.37. The number of nitrogens with two attached hydrogens (primary N) is 1. The van der Waals surface area contributed by atoms with Crippen LogP contribution in [0, 0.1) is 11.7 Å². The second kappa shape index (κ2) is 6.46. The van der Waals surface area contributed by atoms with Crippen molar-refractivity contribution in [2.45, 2.75) is 26.3 Å². The molecule has 132 valence electrons. The van der Waals surface area contributed by atoms with Crippen LogP contribution in [0.5, 0.6) is 0 Å². The number of carboxylic acids is 1. The fourth-order valence-electron chi connectivity index (χ4n) is 2.26. The highest BCUT2D eigenvalue weighted by molar-refractivity contribution is 6.07. The van der Waals surface area contributed by atoms with Crippen LogP contribution >= 0.6 is 0 Å². The van der Waals surface area contributed by atoms with Crippen molar-refractivity contribution in [1.82, 2.24) is 10.3 Å². The SMILES string of the molecule is CC(C)C(C)(NC(=O)c1nc2cc(F)ccc2cc1C(=O)O)C(N)=O. The van der Waals surface area contributed by atoms with Crippen molar-refractivity contribution in [3.63, 3.8) is 0 Å². The second-order valence-electron chi connectivity index (χ2n) is 6.20. The van der Waals surface area contributed by atoms with Gasteiger partial charge in [-0.15, -0.1) is 0 Å². The number of rotatable bonds is 5. The number of aromatic carboxylic acids is 1. The normalized spacial score (nSPS) is 13.5. The van der Waals surface area contributed by atoms with Crippen molar-refractivity contribution in [2.75, 3.05) is 0 Å². The van der Waals surface area contributed by atoms with Gasteiger partial charge >= 0.3 is 5.97 Å². The van der Waals surface area contributed by atoms with Gasteiger partial charge in [-0.05, 0) is 31.0 Å². The van der Waals surface area contributed by atoms with Crippen LogP contribution in [-0.2, 0) is 4.79 Å². The molecule has 0 spiro atoms. The lowest BCUT2D eigenvalue weighted by Crippen LogP contribution is -2.58. The number of hydrogen-bond acceptors (Lipinski definition) is 4. The molecule has 1 aromatic carbocycles. The average molecular weight is 347 g/mol. The molecule has 0 bridgehead atoms. The van der Waals surface area contributed by atoms with E-state index < -0.39 is 34.8 Å². The van der Waals surface area contributed by atoms with Crippen molar-refractivity contribution in [3.8, 4) is 0 Å². The zero-order valence-corrected chi connectivity index (χ0v) is 14.0. The molecule has 0 aliphatic carbocycles. The molecule has 1 aromatic heterocycles. The van der Waals surface area contributed by atoms with Crippen molar-refractivity contribution in [3.05, 3.63) is 41.3 Å². The third kappa shape index (κ3) is 3.42. The minimum Gasteiger partial charge on any atom is -0.478 e. The van der Waals surface area contributed by atoms with Crippen molar-refractivity contribution in [1.29, 1.82) is 0 Å². The molecule has 7 nitrogen and oxygen atoms in total. The van der Waals surface area contributed by atoms with Crippen LogP contribution in [-0.4, -0.2) is 33.4 Å². The molecule has 1 unspecified atom stereocenters. The molecule has 0 radical (unpaired) electrons. The largest absolute Gasteiger partial charge is 0.478 e. The van der Waals surface area contributed by atoms with E-state index in [1.165, 1.54) is 19.1 Å². The Bertz CT molecular complexity index is 882. The maximum absolute atomic E-state index is 13.4. The van der Waals surface area contributed by atoms with Gasteiger partial charge in [0.15, 0.2) is 0 Å². The zero-order valence-electron chi connectivity index (χ0n) is 14.0. The molecule has 0 saturated heterocycles. The first-order valence-corrected chi connectivity index (χ1v) is 7.52. The van der Waals surface area contributed by atoms with Crippen LogP contribution < -0.4 is 11.1 Å². The maximum Gasteiger partial charge on any atom is 0.338 e. The number of pyridine rings is 1. The number of fused-ring (bicyclic) bond motifs is 1. The fraction of sp³-hybridized carbons (Fsp3) is 0.294. The Kier molecular flexibility index (Phi) is 4.73. The van der Waals surface area contributed by atoms with Gasteiger partial charge in [0.25, 0.3) is 5.91 Å². The van der Waals surface area contributed by atoms with Crippen LogP contribution in [0.1, 0.15) is 41.6 Å². The highest BCUT2D eigenvalue weighted by Crippen LogP contribution is 2.21. The van der Waals surface area contributed by atoms with E-state index in [9.17, 15) is 23.9 Å². The van der Waals surface area contributed by atoms with E-state index in [0.29, 0.717) is 5.39 Å². The number of benzene rings is 1. The lowest BCUT2D eigenvalue weighted by Gasteiger charge is -2.31. The molecule has 0 fully saturated rings. The molecular formula is C17H18FN3O4.